The van der Waals surface area contributed by atoms with E-state index >= 15 is 0 Å². The van der Waals surface area contributed by atoms with Crippen LogP contribution in [0.2, 0.25) is 0 Å². The van der Waals surface area contributed by atoms with Gasteiger partial charge in [0.25, 0.3) is 0 Å². The molecule has 0 radical (unpaired) electrons. The number of hydrogen-bond acceptors (Lipinski definition) is 4. The Morgan fingerprint density at radius 1 is 1.18 bits per heavy atom. The number of rotatable bonds is 5. The van der Waals surface area contributed by atoms with E-state index in [4.69, 9.17) is 9.47 Å². The standard InChI is InChI=1S/C15H12BrF2NO3/c16-10-6-14-13(20-8-21-14)5-9(10)7-19-11-3-1-2-4-12(11)22-15(17)18/h1-6,15,19H,7-8H2. The topological polar surface area (TPSA) is 39.7 Å². The molecule has 0 spiro atoms. The quantitative estimate of drug-likeness (QED) is 0.845. The first kappa shape index (κ1) is 14.9. The molecule has 0 atom stereocenters. The van der Waals surface area contributed by atoms with Crippen LogP contribution in [0.5, 0.6) is 17.2 Å². The van der Waals surface area contributed by atoms with Crippen molar-refractivity contribution in [2.24, 2.45) is 0 Å². The molecule has 0 amide bonds. The van der Waals surface area contributed by atoms with Crippen LogP contribution in [0.4, 0.5) is 14.5 Å². The third-order valence-corrected chi connectivity index (χ3v) is 3.85. The second-order valence-corrected chi connectivity index (χ2v) is 5.38. The molecule has 1 aliphatic heterocycles. The van der Waals surface area contributed by atoms with Crippen molar-refractivity contribution in [2.45, 2.75) is 13.2 Å². The van der Waals surface area contributed by atoms with Crippen LogP contribution in [0.25, 0.3) is 0 Å². The van der Waals surface area contributed by atoms with E-state index in [1.807, 2.05) is 12.1 Å². The average Bonchev–Trinajstić information content (AvgIpc) is 2.92. The van der Waals surface area contributed by atoms with E-state index in [0.29, 0.717) is 23.7 Å². The Bertz CT molecular complexity index is 682. The smallest absolute Gasteiger partial charge is 0.387 e. The van der Waals surface area contributed by atoms with Gasteiger partial charge in [0.15, 0.2) is 11.5 Å². The Labute approximate surface area is 134 Å². The van der Waals surface area contributed by atoms with Gasteiger partial charge in [-0.15, -0.1) is 0 Å². The third kappa shape index (κ3) is 3.24. The van der Waals surface area contributed by atoms with E-state index in [1.54, 1.807) is 18.2 Å². The summed E-state index contributed by atoms with van der Waals surface area (Å²) in [5.74, 6) is 1.45. The van der Waals surface area contributed by atoms with Gasteiger partial charge in [0.1, 0.15) is 5.75 Å². The van der Waals surface area contributed by atoms with Crippen LogP contribution in [-0.2, 0) is 6.54 Å². The molecule has 0 bridgehead atoms. The summed E-state index contributed by atoms with van der Waals surface area (Å²) in [5.41, 5.74) is 1.41. The second-order valence-electron chi connectivity index (χ2n) is 4.53. The predicted molar refractivity (Wildman–Crippen MR) is 80.7 cm³/mol. The zero-order chi connectivity index (χ0) is 15.5. The largest absolute Gasteiger partial charge is 0.454 e. The van der Waals surface area contributed by atoms with Crippen molar-refractivity contribution in [3.63, 3.8) is 0 Å². The summed E-state index contributed by atoms with van der Waals surface area (Å²) in [5, 5.41) is 3.08. The van der Waals surface area contributed by atoms with Gasteiger partial charge in [0.05, 0.1) is 5.69 Å². The summed E-state index contributed by atoms with van der Waals surface area (Å²) < 4.78 is 40.7. The number of halogens is 3. The Kier molecular flexibility index (Phi) is 4.33. The Hall–Kier alpha value is -2.02. The molecule has 2 aromatic carbocycles. The highest BCUT2D eigenvalue weighted by Gasteiger charge is 2.16. The van der Waals surface area contributed by atoms with Crippen LogP contribution in [-0.4, -0.2) is 13.4 Å². The first-order chi connectivity index (χ1) is 10.6. The van der Waals surface area contributed by atoms with Crippen LogP contribution >= 0.6 is 15.9 Å². The summed E-state index contributed by atoms with van der Waals surface area (Å²) in [7, 11) is 0. The molecule has 116 valence electrons. The number of alkyl halides is 2. The minimum atomic E-state index is -2.86. The lowest BCUT2D eigenvalue weighted by molar-refractivity contribution is -0.0493. The van der Waals surface area contributed by atoms with Gasteiger partial charge in [-0.1, -0.05) is 28.1 Å². The minimum absolute atomic E-state index is 0.106. The lowest BCUT2D eigenvalue weighted by Gasteiger charge is -2.13. The van der Waals surface area contributed by atoms with Gasteiger partial charge in [-0.2, -0.15) is 8.78 Å². The summed E-state index contributed by atoms with van der Waals surface area (Å²) in [6, 6.07) is 10.2. The van der Waals surface area contributed by atoms with Crippen molar-refractivity contribution in [1.82, 2.24) is 0 Å². The van der Waals surface area contributed by atoms with Crippen LogP contribution in [0.15, 0.2) is 40.9 Å². The van der Waals surface area contributed by atoms with Gasteiger partial charge in [-0.25, -0.2) is 0 Å². The van der Waals surface area contributed by atoms with Crippen molar-refractivity contribution in [3.8, 4) is 17.2 Å². The van der Waals surface area contributed by atoms with Crippen LogP contribution in [0, 0.1) is 0 Å². The fraction of sp³-hybridized carbons (Fsp3) is 0.200. The molecule has 1 N–H and O–H groups in total. The summed E-state index contributed by atoms with van der Waals surface area (Å²) in [4.78, 5) is 0. The molecule has 0 saturated carbocycles. The molecule has 3 rings (SSSR count). The van der Waals surface area contributed by atoms with Gasteiger partial charge in [-0.05, 0) is 29.8 Å². The molecule has 4 nitrogen and oxygen atoms in total. The SMILES string of the molecule is FC(F)Oc1ccccc1NCc1cc2c(cc1Br)OCO2. The van der Waals surface area contributed by atoms with Crippen molar-refractivity contribution < 1.29 is 23.0 Å². The summed E-state index contributed by atoms with van der Waals surface area (Å²) in [6.45, 7) is -2.25. The van der Waals surface area contributed by atoms with Crippen molar-refractivity contribution in [2.75, 3.05) is 12.1 Å². The Morgan fingerprint density at radius 2 is 1.91 bits per heavy atom. The van der Waals surface area contributed by atoms with Gasteiger partial charge in [0, 0.05) is 11.0 Å². The molecular weight excluding hydrogens is 360 g/mol. The number of ether oxygens (including phenoxy) is 3. The fourth-order valence-electron chi connectivity index (χ4n) is 2.10. The van der Waals surface area contributed by atoms with Crippen molar-refractivity contribution >= 4 is 21.6 Å². The molecule has 7 heteroatoms. The van der Waals surface area contributed by atoms with Gasteiger partial charge < -0.3 is 19.5 Å². The molecule has 22 heavy (non-hydrogen) atoms. The van der Waals surface area contributed by atoms with E-state index in [9.17, 15) is 8.78 Å². The number of benzene rings is 2. The van der Waals surface area contributed by atoms with E-state index in [0.717, 1.165) is 10.0 Å². The van der Waals surface area contributed by atoms with Crippen LogP contribution < -0.4 is 19.5 Å². The van der Waals surface area contributed by atoms with E-state index < -0.39 is 6.61 Å². The molecule has 2 aromatic rings. The van der Waals surface area contributed by atoms with Gasteiger partial charge in [0.2, 0.25) is 6.79 Å². The highest BCUT2D eigenvalue weighted by molar-refractivity contribution is 9.10. The van der Waals surface area contributed by atoms with Crippen LogP contribution in [0.3, 0.4) is 0 Å². The molecule has 0 saturated heterocycles. The average molecular weight is 372 g/mol. The van der Waals surface area contributed by atoms with E-state index in [2.05, 4.69) is 26.0 Å². The van der Waals surface area contributed by atoms with E-state index in [-0.39, 0.29) is 12.5 Å². The maximum absolute atomic E-state index is 12.4. The summed E-state index contributed by atoms with van der Waals surface area (Å²) >= 11 is 3.46. The van der Waals surface area contributed by atoms with Crippen molar-refractivity contribution in [1.29, 1.82) is 0 Å². The number of fused-ring (bicyclic) bond motifs is 1. The fourth-order valence-corrected chi connectivity index (χ4v) is 2.56. The summed E-state index contributed by atoms with van der Waals surface area (Å²) in [6.07, 6.45) is 0. The first-order valence-electron chi connectivity index (χ1n) is 6.49. The molecule has 0 aromatic heterocycles. The highest BCUT2D eigenvalue weighted by atomic mass is 79.9. The van der Waals surface area contributed by atoms with Crippen molar-refractivity contribution in [3.05, 3.63) is 46.4 Å². The molecule has 0 fully saturated rings. The normalized spacial score (nSPS) is 12.5. The molecular formula is C15H12BrF2NO3. The monoisotopic (exact) mass is 371 g/mol. The number of anilines is 1. The highest BCUT2D eigenvalue weighted by Crippen LogP contribution is 2.37. The molecule has 0 aliphatic carbocycles. The Balaban J connectivity index is 1.76. The lowest BCUT2D eigenvalue weighted by atomic mass is 10.2. The third-order valence-electron chi connectivity index (χ3n) is 3.11. The van der Waals surface area contributed by atoms with Gasteiger partial charge >= 0.3 is 6.61 Å². The molecule has 1 heterocycles. The molecule has 1 aliphatic rings. The van der Waals surface area contributed by atoms with Gasteiger partial charge in [-0.3, -0.25) is 0 Å². The minimum Gasteiger partial charge on any atom is -0.454 e. The Morgan fingerprint density at radius 3 is 2.68 bits per heavy atom. The molecule has 0 unspecified atom stereocenters. The second kappa shape index (κ2) is 6.39. The first-order valence-corrected chi connectivity index (χ1v) is 7.28. The van der Waals surface area contributed by atoms with E-state index in [1.165, 1.54) is 6.07 Å². The maximum atomic E-state index is 12.4. The number of nitrogens with one attached hydrogen (secondary N) is 1. The maximum Gasteiger partial charge on any atom is 0.387 e. The number of hydrogen-bond donors (Lipinski definition) is 1. The van der Waals surface area contributed by atoms with Crippen LogP contribution in [0.1, 0.15) is 5.56 Å². The zero-order valence-electron chi connectivity index (χ0n) is 11.3. The number of para-hydroxylation sites is 2. The zero-order valence-corrected chi connectivity index (χ0v) is 12.9. The predicted octanol–water partition coefficient (Wildman–Crippen LogP) is 4.39. The lowest BCUT2D eigenvalue weighted by Crippen LogP contribution is -2.06.